The number of hydrogen-bond donors (Lipinski definition) is 0. The number of rotatable bonds is 3. The number of thioether (sulfide) groups is 1. The second-order valence-corrected chi connectivity index (χ2v) is 6.27. The van der Waals surface area contributed by atoms with Gasteiger partial charge in [0.15, 0.2) is 0 Å². The SMILES string of the molecule is CCCC1CSC(=S)N1C(=O)c1cccs1. The van der Waals surface area contributed by atoms with Gasteiger partial charge in [-0.05, 0) is 17.9 Å². The van der Waals surface area contributed by atoms with Crippen molar-refractivity contribution >= 4 is 45.5 Å². The third kappa shape index (κ3) is 2.31. The molecule has 5 heteroatoms. The zero-order chi connectivity index (χ0) is 11.5. The summed E-state index contributed by atoms with van der Waals surface area (Å²) in [6, 6.07) is 4.05. The molecule has 1 atom stereocenters. The molecule has 1 aromatic heterocycles. The first-order valence-corrected chi connectivity index (χ1v) is 7.55. The molecule has 0 aliphatic carbocycles. The molecule has 0 radical (unpaired) electrons. The van der Waals surface area contributed by atoms with Crippen LogP contribution in [0.4, 0.5) is 0 Å². The summed E-state index contributed by atoms with van der Waals surface area (Å²) in [4.78, 5) is 14.8. The maximum Gasteiger partial charge on any atom is 0.269 e. The van der Waals surface area contributed by atoms with E-state index in [0.29, 0.717) is 0 Å². The van der Waals surface area contributed by atoms with Gasteiger partial charge in [-0.15, -0.1) is 11.3 Å². The van der Waals surface area contributed by atoms with Crippen LogP contribution in [-0.4, -0.2) is 26.9 Å². The summed E-state index contributed by atoms with van der Waals surface area (Å²) in [7, 11) is 0. The quantitative estimate of drug-likeness (QED) is 0.786. The monoisotopic (exact) mass is 271 g/mol. The molecule has 0 bridgehead atoms. The molecular formula is C11H13NOS3. The van der Waals surface area contributed by atoms with Crippen molar-refractivity contribution in [3.8, 4) is 0 Å². The van der Waals surface area contributed by atoms with E-state index in [1.807, 2.05) is 17.5 Å². The Morgan fingerprint density at radius 1 is 1.69 bits per heavy atom. The molecular weight excluding hydrogens is 258 g/mol. The molecule has 16 heavy (non-hydrogen) atoms. The van der Waals surface area contributed by atoms with Crippen molar-refractivity contribution in [1.82, 2.24) is 4.90 Å². The lowest BCUT2D eigenvalue weighted by molar-refractivity contribution is 0.0824. The maximum atomic E-state index is 12.2. The normalized spacial score (nSPS) is 20.4. The molecule has 2 rings (SSSR count). The van der Waals surface area contributed by atoms with Gasteiger partial charge in [-0.1, -0.05) is 43.4 Å². The van der Waals surface area contributed by atoms with Crippen molar-refractivity contribution in [2.45, 2.75) is 25.8 Å². The van der Waals surface area contributed by atoms with Gasteiger partial charge in [-0.25, -0.2) is 0 Å². The lowest BCUT2D eigenvalue weighted by Crippen LogP contribution is -2.38. The average molecular weight is 271 g/mol. The first kappa shape index (κ1) is 12.1. The Bertz CT molecular complexity index is 388. The first-order chi connectivity index (χ1) is 7.74. The smallest absolute Gasteiger partial charge is 0.269 e. The summed E-state index contributed by atoms with van der Waals surface area (Å²) in [6.07, 6.45) is 2.12. The molecule has 2 heterocycles. The number of hydrogen-bond acceptors (Lipinski definition) is 4. The summed E-state index contributed by atoms with van der Waals surface area (Å²) >= 11 is 8.35. The highest BCUT2D eigenvalue weighted by molar-refractivity contribution is 8.23. The lowest BCUT2D eigenvalue weighted by Gasteiger charge is -2.22. The fourth-order valence-electron chi connectivity index (χ4n) is 1.77. The molecule has 0 saturated carbocycles. The average Bonchev–Trinajstić information content (AvgIpc) is 2.88. The van der Waals surface area contributed by atoms with Gasteiger partial charge in [0, 0.05) is 11.8 Å². The minimum atomic E-state index is 0.0726. The van der Waals surface area contributed by atoms with Crippen LogP contribution in [0.2, 0.25) is 0 Å². The van der Waals surface area contributed by atoms with E-state index in [9.17, 15) is 4.79 Å². The van der Waals surface area contributed by atoms with Gasteiger partial charge < -0.3 is 0 Å². The summed E-state index contributed by atoms with van der Waals surface area (Å²) in [5, 5.41) is 1.92. The van der Waals surface area contributed by atoms with Gasteiger partial charge in [-0.3, -0.25) is 9.69 Å². The van der Waals surface area contributed by atoms with Crippen LogP contribution >= 0.6 is 35.3 Å². The number of thiocarbonyl (C=S) groups is 1. The molecule has 1 aromatic rings. The highest BCUT2D eigenvalue weighted by atomic mass is 32.2. The zero-order valence-electron chi connectivity index (χ0n) is 9.01. The third-order valence-electron chi connectivity index (χ3n) is 2.53. The number of nitrogens with zero attached hydrogens (tertiary/aromatic N) is 1. The fourth-order valence-corrected chi connectivity index (χ4v) is 3.89. The summed E-state index contributed by atoms with van der Waals surface area (Å²) in [5.74, 6) is 1.02. The lowest BCUT2D eigenvalue weighted by atomic mass is 10.1. The Kier molecular flexibility index (Phi) is 4.00. The second kappa shape index (κ2) is 5.29. The standard InChI is InChI=1S/C11H13NOS3/c1-2-4-8-7-16-11(14)12(8)10(13)9-5-3-6-15-9/h3,5-6,8H,2,4,7H2,1H3. The van der Waals surface area contributed by atoms with E-state index in [4.69, 9.17) is 12.2 Å². The molecule has 0 N–H and O–H groups in total. The van der Waals surface area contributed by atoms with Crippen molar-refractivity contribution in [2.24, 2.45) is 0 Å². The van der Waals surface area contributed by atoms with Crippen molar-refractivity contribution < 1.29 is 4.79 Å². The Labute approximate surface area is 109 Å². The summed E-state index contributed by atoms with van der Waals surface area (Å²) < 4.78 is 0.733. The van der Waals surface area contributed by atoms with Crippen LogP contribution < -0.4 is 0 Å². The van der Waals surface area contributed by atoms with Crippen molar-refractivity contribution in [3.63, 3.8) is 0 Å². The molecule has 1 unspecified atom stereocenters. The van der Waals surface area contributed by atoms with E-state index in [0.717, 1.165) is 27.8 Å². The molecule has 2 nitrogen and oxygen atoms in total. The largest absolute Gasteiger partial charge is 0.289 e. The van der Waals surface area contributed by atoms with E-state index in [-0.39, 0.29) is 11.9 Å². The molecule has 1 aliphatic heterocycles. The van der Waals surface area contributed by atoms with E-state index in [1.54, 1.807) is 16.7 Å². The van der Waals surface area contributed by atoms with Crippen LogP contribution in [0.5, 0.6) is 0 Å². The number of carbonyl (C=O) groups excluding carboxylic acids is 1. The topological polar surface area (TPSA) is 20.3 Å². The molecule has 1 saturated heterocycles. The maximum absolute atomic E-state index is 12.2. The van der Waals surface area contributed by atoms with Crippen LogP contribution in [0.15, 0.2) is 17.5 Å². The Balaban J connectivity index is 2.17. The van der Waals surface area contributed by atoms with E-state index in [2.05, 4.69) is 6.92 Å². The van der Waals surface area contributed by atoms with E-state index in [1.165, 1.54) is 11.3 Å². The van der Waals surface area contributed by atoms with Crippen LogP contribution in [0.25, 0.3) is 0 Å². The van der Waals surface area contributed by atoms with Crippen LogP contribution in [0.3, 0.4) is 0 Å². The van der Waals surface area contributed by atoms with Gasteiger partial charge in [-0.2, -0.15) is 0 Å². The van der Waals surface area contributed by atoms with Crippen molar-refractivity contribution in [3.05, 3.63) is 22.4 Å². The van der Waals surface area contributed by atoms with Crippen molar-refractivity contribution in [2.75, 3.05) is 5.75 Å². The summed E-state index contributed by atoms with van der Waals surface area (Å²) in [5.41, 5.74) is 0. The number of thiophene rings is 1. The molecule has 1 amide bonds. The molecule has 0 aromatic carbocycles. The van der Waals surface area contributed by atoms with Crippen LogP contribution in [0.1, 0.15) is 29.4 Å². The molecule has 1 aliphatic rings. The Hall–Kier alpha value is -0.390. The molecule has 1 fully saturated rings. The first-order valence-electron chi connectivity index (χ1n) is 5.28. The zero-order valence-corrected chi connectivity index (χ0v) is 11.5. The Morgan fingerprint density at radius 3 is 3.12 bits per heavy atom. The van der Waals surface area contributed by atoms with E-state index < -0.39 is 0 Å². The van der Waals surface area contributed by atoms with Gasteiger partial charge in [0.25, 0.3) is 5.91 Å². The molecule has 0 spiro atoms. The predicted octanol–water partition coefficient (Wildman–Crippen LogP) is 3.39. The fraction of sp³-hybridized carbons (Fsp3) is 0.455. The Morgan fingerprint density at radius 2 is 2.50 bits per heavy atom. The van der Waals surface area contributed by atoms with Gasteiger partial charge in [0.2, 0.25) is 0 Å². The third-order valence-corrected chi connectivity index (χ3v) is 4.94. The minimum absolute atomic E-state index is 0.0726. The van der Waals surface area contributed by atoms with Crippen LogP contribution in [-0.2, 0) is 0 Å². The van der Waals surface area contributed by atoms with Gasteiger partial charge >= 0.3 is 0 Å². The number of amides is 1. The second-order valence-electron chi connectivity index (χ2n) is 3.67. The van der Waals surface area contributed by atoms with E-state index >= 15 is 0 Å². The number of carbonyl (C=O) groups is 1. The minimum Gasteiger partial charge on any atom is -0.289 e. The highest BCUT2D eigenvalue weighted by Gasteiger charge is 2.33. The molecule has 86 valence electrons. The summed E-state index contributed by atoms with van der Waals surface area (Å²) in [6.45, 7) is 2.14. The van der Waals surface area contributed by atoms with Crippen molar-refractivity contribution in [1.29, 1.82) is 0 Å². The van der Waals surface area contributed by atoms with Gasteiger partial charge in [0.05, 0.1) is 4.88 Å². The highest BCUT2D eigenvalue weighted by Crippen LogP contribution is 2.29. The van der Waals surface area contributed by atoms with Gasteiger partial charge in [0.1, 0.15) is 4.32 Å². The van der Waals surface area contributed by atoms with Crippen LogP contribution in [0, 0.1) is 0 Å². The predicted molar refractivity (Wildman–Crippen MR) is 74.2 cm³/mol.